The second kappa shape index (κ2) is 11.5. The minimum atomic E-state index is -0.161. The molecule has 6 heteroatoms. The van der Waals surface area contributed by atoms with Crippen molar-refractivity contribution in [1.29, 1.82) is 0 Å². The number of thiophene rings is 1. The summed E-state index contributed by atoms with van der Waals surface area (Å²) in [5.41, 5.74) is 2.77. The molecular weight excluding hydrogens is 420 g/mol. The fourth-order valence-electron chi connectivity index (χ4n) is 3.50. The van der Waals surface area contributed by atoms with Gasteiger partial charge in [-0.1, -0.05) is 43.3 Å². The molecule has 3 aromatic rings. The van der Waals surface area contributed by atoms with E-state index in [1.54, 1.807) is 47.6 Å². The van der Waals surface area contributed by atoms with E-state index in [2.05, 4.69) is 13.0 Å². The monoisotopic (exact) mass is 450 g/mol. The van der Waals surface area contributed by atoms with Gasteiger partial charge in [0.15, 0.2) is 0 Å². The van der Waals surface area contributed by atoms with Gasteiger partial charge in [-0.05, 0) is 54.1 Å². The van der Waals surface area contributed by atoms with E-state index >= 15 is 0 Å². The smallest absolute Gasteiger partial charge is 0.254 e. The second-order valence-electron chi connectivity index (χ2n) is 7.72. The first-order valence-corrected chi connectivity index (χ1v) is 11.7. The largest absolute Gasteiger partial charge is 0.497 e. The van der Waals surface area contributed by atoms with Crippen LogP contribution in [0, 0.1) is 6.92 Å². The average Bonchev–Trinajstić information content (AvgIpc) is 3.22. The molecule has 0 aliphatic carbocycles. The molecule has 0 spiro atoms. The van der Waals surface area contributed by atoms with Gasteiger partial charge in [-0.3, -0.25) is 9.59 Å². The molecule has 2 aromatic carbocycles. The van der Waals surface area contributed by atoms with Crippen molar-refractivity contribution in [2.75, 3.05) is 20.2 Å². The molecule has 0 saturated carbocycles. The molecule has 0 aliphatic heterocycles. The molecule has 0 saturated heterocycles. The lowest BCUT2D eigenvalue weighted by molar-refractivity contribution is -0.133. The van der Waals surface area contributed by atoms with Crippen molar-refractivity contribution in [3.05, 3.63) is 87.6 Å². The van der Waals surface area contributed by atoms with Crippen molar-refractivity contribution < 1.29 is 14.3 Å². The highest BCUT2D eigenvalue weighted by atomic mass is 32.1. The van der Waals surface area contributed by atoms with Crippen LogP contribution in [0.5, 0.6) is 5.75 Å². The van der Waals surface area contributed by atoms with Gasteiger partial charge in [0.2, 0.25) is 5.91 Å². The third-order valence-corrected chi connectivity index (χ3v) is 6.30. The summed E-state index contributed by atoms with van der Waals surface area (Å²) >= 11 is 1.65. The van der Waals surface area contributed by atoms with Crippen LogP contribution < -0.4 is 4.74 Å². The number of ether oxygens (including phenoxy) is 1. The van der Waals surface area contributed by atoms with Gasteiger partial charge in [-0.15, -0.1) is 11.3 Å². The number of amides is 2. The zero-order valence-corrected chi connectivity index (χ0v) is 19.7. The summed E-state index contributed by atoms with van der Waals surface area (Å²) in [5, 5.41) is 2.05. The summed E-state index contributed by atoms with van der Waals surface area (Å²) in [6.07, 6.45) is 0.770. The second-order valence-corrected chi connectivity index (χ2v) is 8.72. The molecule has 0 N–H and O–H groups in total. The highest BCUT2D eigenvalue weighted by Crippen LogP contribution is 2.20. The quantitative estimate of drug-likeness (QED) is 0.429. The number of benzene rings is 2. The molecule has 32 heavy (non-hydrogen) atoms. The van der Waals surface area contributed by atoms with E-state index in [-0.39, 0.29) is 18.4 Å². The molecule has 0 radical (unpaired) electrons. The number of nitrogens with zero attached hydrogens (tertiary/aromatic N) is 2. The lowest BCUT2D eigenvalue weighted by atomic mass is 10.1. The van der Waals surface area contributed by atoms with Crippen molar-refractivity contribution in [2.24, 2.45) is 0 Å². The maximum absolute atomic E-state index is 13.4. The number of rotatable bonds is 10. The third-order valence-electron chi connectivity index (χ3n) is 5.30. The summed E-state index contributed by atoms with van der Waals surface area (Å²) in [4.78, 5) is 31.3. The molecule has 0 fully saturated rings. The number of carbonyl (C=O) groups excluding carboxylic acids is 2. The van der Waals surface area contributed by atoms with Crippen molar-refractivity contribution in [3.63, 3.8) is 0 Å². The minimum Gasteiger partial charge on any atom is -0.497 e. The molecule has 0 bridgehead atoms. The Hall–Kier alpha value is -3.12. The predicted octanol–water partition coefficient (Wildman–Crippen LogP) is 5.15. The van der Waals surface area contributed by atoms with Gasteiger partial charge in [0.05, 0.1) is 13.7 Å². The van der Waals surface area contributed by atoms with Crippen molar-refractivity contribution in [3.8, 4) is 5.75 Å². The Labute approximate surface area is 194 Å². The fraction of sp³-hybridized carbons (Fsp3) is 0.308. The summed E-state index contributed by atoms with van der Waals surface area (Å²) < 4.78 is 5.26. The van der Waals surface area contributed by atoms with Crippen LogP contribution in [-0.2, 0) is 17.9 Å². The first-order valence-electron chi connectivity index (χ1n) is 10.8. The Bertz CT molecular complexity index is 1030. The van der Waals surface area contributed by atoms with Crippen LogP contribution in [0.1, 0.15) is 39.7 Å². The van der Waals surface area contributed by atoms with Crippen molar-refractivity contribution >= 4 is 23.2 Å². The van der Waals surface area contributed by atoms with Gasteiger partial charge in [0, 0.05) is 23.5 Å². The zero-order chi connectivity index (χ0) is 22.9. The molecule has 168 valence electrons. The van der Waals surface area contributed by atoms with E-state index in [1.807, 2.05) is 47.5 Å². The standard InChI is InChI=1S/C26H30N2O3S/c1-4-14-27(26(30)22-11-8-12-23(16-22)31-3)19-25(29)28(17-21-9-6-5-7-10-21)18-24-20(2)13-15-32-24/h5-13,15-16H,4,14,17-19H2,1-3H3. The van der Waals surface area contributed by atoms with Crippen LogP contribution in [0.15, 0.2) is 66.0 Å². The van der Waals surface area contributed by atoms with E-state index in [0.717, 1.165) is 16.9 Å². The summed E-state index contributed by atoms with van der Waals surface area (Å²) in [6, 6.07) is 19.1. The first kappa shape index (κ1) is 23.5. The molecule has 0 atom stereocenters. The Morgan fingerprint density at radius 2 is 1.75 bits per heavy atom. The molecule has 2 amide bonds. The maximum atomic E-state index is 13.4. The van der Waals surface area contributed by atoms with Gasteiger partial charge in [0.1, 0.15) is 12.3 Å². The lowest BCUT2D eigenvalue weighted by Gasteiger charge is -2.28. The normalized spacial score (nSPS) is 10.6. The van der Waals surface area contributed by atoms with Crippen LogP contribution in [0.2, 0.25) is 0 Å². The molecule has 3 rings (SSSR count). The van der Waals surface area contributed by atoms with Gasteiger partial charge in [0.25, 0.3) is 5.91 Å². The molecule has 5 nitrogen and oxygen atoms in total. The van der Waals surface area contributed by atoms with Crippen molar-refractivity contribution in [2.45, 2.75) is 33.4 Å². The summed E-state index contributed by atoms with van der Waals surface area (Å²) in [5.74, 6) is 0.398. The van der Waals surface area contributed by atoms with Crippen LogP contribution in [0.3, 0.4) is 0 Å². The first-order chi connectivity index (χ1) is 15.5. The van der Waals surface area contributed by atoms with Gasteiger partial charge in [-0.2, -0.15) is 0 Å². The zero-order valence-electron chi connectivity index (χ0n) is 18.9. The third kappa shape index (κ3) is 6.20. The Morgan fingerprint density at radius 3 is 2.41 bits per heavy atom. The number of aryl methyl sites for hydroxylation is 1. The van der Waals surface area contributed by atoms with E-state index in [9.17, 15) is 9.59 Å². The highest BCUT2D eigenvalue weighted by Gasteiger charge is 2.23. The fourth-order valence-corrected chi connectivity index (χ4v) is 4.42. The molecule has 0 unspecified atom stereocenters. The number of carbonyl (C=O) groups is 2. The van der Waals surface area contributed by atoms with Crippen LogP contribution in [0.4, 0.5) is 0 Å². The van der Waals surface area contributed by atoms with Crippen LogP contribution in [0.25, 0.3) is 0 Å². The van der Waals surface area contributed by atoms with Crippen LogP contribution >= 0.6 is 11.3 Å². The number of hydrogen-bond acceptors (Lipinski definition) is 4. The van der Waals surface area contributed by atoms with E-state index in [4.69, 9.17) is 4.74 Å². The van der Waals surface area contributed by atoms with Gasteiger partial charge < -0.3 is 14.5 Å². The topological polar surface area (TPSA) is 49.9 Å². The van der Waals surface area contributed by atoms with Crippen molar-refractivity contribution in [1.82, 2.24) is 9.80 Å². The Balaban J connectivity index is 1.80. The predicted molar refractivity (Wildman–Crippen MR) is 129 cm³/mol. The average molecular weight is 451 g/mol. The molecule has 1 aromatic heterocycles. The maximum Gasteiger partial charge on any atom is 0.254 e. The number of hydrogen-bond donors (Lipinski definition) is 0. The van der Waals surface area contributed by atoms with E-state index < -0.39 is 0 Å². The Kier molecular flexibility index (Phi) is 8.45. The lowest BCUT2D eigenvalue weighted by Crippen LogP contribution is -2.42. The minimum absolute atomic E-state index is 0.0428. The van der Waals surface area contributed by atoms with E-state index in [0.29, 0.717) is 30.9 Å². The van der Waals surface area contributed by atoms with Gasteiger partial charge in [-0.25, -0.2) is 0 Å². The van der Waals surface area contributed by atoms with Crippen LogP contribution in [-0.4, -0.2) is 41.8 Å². The molecular formula is C26H30N2O3S. The number of methoxy groups -OCH3 is 1. The van der Waals surface area contributed by atoms with Gasteiger partial charge >= 0.3 is 0 Å². The highest BCUT2D eigenvalue weighted by molar-refractivity contribution is 7.10. The molecule has 0 aliphatic rings. The summed E-state index contributed by atoms with van der Waals surface area (Å²) in [7, 11) is 1.57. The SMILES string of the molecule is CCCN(CC(=O)N(Cc1ccccc1)Cc1sccc1C)C(=O)c1cccc(OC)c1. The molecule has 1 heterocycles. The summed E-state index contributed by atoms with van der Waals surface area (Å²) in [6.45, 7) is 5.66. The van der Waals surface area contributed by atoms with E-state index in [1.165, 1.54) is 5.56 Å². The Morgan fingerprint density at radius 1 is 0.969 bits per heavy atom.